The van der Waals surface area contributed by atoms with E-state index in [4.69, 9.17) is 17.0 Å². The second kappa shape index (κ2) is 8.39. The predicted molar refractivity (Wildman–Crippen MR) is 104 cm³/mol. The molecule has 120 valence electrons. The van der Waals surface area contributed by atoms with E-state index in [2.05, 4.69) is 79.7 Å². The first-order chi connectivity index (χ1) is 11.8. The molecule has 0 fully saturated rings. The molecule has 0 bridgehead atoms. The Labute approximate surface area is 161 Å². The van der Waals surface area contributed by atoms with Crippen molar-refractivity contribution in [2.24, 2.45) is 0 Å². The summed E-state index contributed by atoms with van der Waals surface area (Å²) in [6.45, 7) is 2.21. The van der Waals surface area contributed by atoms with E-state index in [-0.39, 0.29) is 0 Å². The van der Waals surface area contributed by atoms with Gasteiger partial charge in [0.1, 0.15) is 0 Å². The van der Waals surface area contributed by atoms with E-state index in [0.717, 1.165) is 6.42 Å². The number of rotatable bonds is 2. The van der Waals surface area contributed by atoms with Crippen LogP contribution in [0.4, 0.5) is 0 Å². The molecule has 0 aliphatic carbocycles. The van der Waals surface area contributed by atoms with Crippen molar-refractivity contribution in [3.05, 3.63) is 78.4 Å². The van der Waals surface area contributed by atoms with Crippen molar-refractivity contribution < 1.29 is 20.8 Å². The summed E-state index contributed by atoms with van der Waals surface area (Å²) in [5.74, 6) is 0. The van der Waals surface area contributed by atoms with Gasteiger partial charge in [-0.1, -0.05) is 61.0 Å². The maximum absolute atomic E-state index is 4.93. The molecule has 0 N–H and O–H groups in total. The van der Waals surface area contributed by atoms with Crippen molar-refractivity contribution in [2.75, 3.05) is 0 Å². The van der Waals surface area contributed by atoms with Gasteiger partial charge in [0.2, 0.25) is 0 Å². The van der Waals surface area contributed by atoms with Crippen LogP contribution in [-0.2, 0) is 27.3 Å². The maximum atomic E-state index is 4.93. The van der Waals surface area contributed by atoms with E-state index in [0.29, 0.717) is 0 Å². The number of fused-ring (bicyclic) bond motifs is 2. The molecular weight excluding hydrogens is 414 g/mol. The number of hydrogen-bond donors (Lipinski definition) is 0. The molecule has 0 saturated carbocycles. The molecular formula is C21H17Cl2Zr-. The molecule has 0 atom stereocenters. The van der Waals surface area contributed by atoms with Crippen molar-refractivity contribution in [1.82, 2.24) is 0 Å². The van der Waals surface area contributed by atoms with E-state index in [1.807, 2.05) is 0 Å². The van der Waals surface area contributed by atoms with E-state index in [9.17, 15) is 0 Å². The number of hydrogen-bond acceptors (Lipinski definition) is 0. The van der Waals surface area contributed by atoms with Crippen molar-refractivity contribution in [3.63, 3.8) is 0 Å². The Balaban J connectivity index is 0.000000526. The van der Waals surface area contributed by atoms with Crippen LogP contribution in [0.15, 0.2) is 72.8 Å². The van der Waals surface area contributed by atoms with Gasteiger partial charge in [-0.25, -0.2) is 0 Å². The van der Waals surface area contributed by atoms with Crippen LogP contribution in [0.2, 0.25) is 0 Å². The third-order valence-corrected chi connectivity index (χ3v) is 4.30. The number of halogens is 2. The summed E-state index contributed by atoms with van der Waals surface area (Å²) >= 11 is -0.826. The van der Waals surface area contributed by atoms with Crippen LogP contribution in [0.25, 0.3) is 32.7 Å². The Morgan fingerprint density at radius 1 is 0.833 bits per heavy atom. The molecule has 0 spiro atoms. The van der Waals surface area contributed by atoms with E-state index in [1.165, 1.54) is 38.2 Å². The molecule has 4 aromatic carbocycles. The van der Waals surface area contributed by atoms with E-state index in [1.54, 1.807) is 0 Å². The molecule has 24 heavy (non-hydrogen) atoms. The Bertz CT molecular complexity index is 951. The minimum absolute atomic E-state index is 0.826. The minimum atomic E-state index is -0.826. The Morgan fingerprint density at radius 2 is 1.46 bits per heavy atom. The topological polar surface area (TPSA) is 0 Å². The first-order valence-electron chi connectivity index (χ1n) is 7.91. The van der Waals surface area contributed by atoms with Gasteiger partial charge in [0.25, 0.3) is 0 Å². The van der Waals surface area contributed by atoms with Crippen molar-refractivity contribution in [1.29, 1.82) is 0 Å². The molecule has 4 aromatic rings. The average Bonchev–Trinajstić information content (AvgIpc) is 3.05. The summed E-state index contributed by atoms with van der Waals surface area (Å²) in [6.07, 6.45) is 1.09. The second-order valence-electron chi connectivity index (χ2n) is 5.62. The zero-order valence-electron chi connectivity index (χ0n) is 13.4. The van der Waals surface area contributed by atoms with Gasteiger partial charge in [0.05, 0.1) is 0 Å². The summed E-state index contributed by atoms with van der Waals surface area (Å²) in [5, 5.41) is 5.34. The fourth-order valence-corrected chi connectivity index (χ4v) is 3.20. The molecule has 0 unspecified atom stereocenters. The average molecular weight is 431 g/mol. The third kappa shape index (κ3) is 3.64. The molecule has 3 heteroatoms. The van der Waals surface area contributed by atoms with Gasteiger partial charge in [-0.3, -0.25) is 0 Å². The predicted octanol–water partition coefficient (Wildman–Crippen LogP) is 7.32. The van der Waals surface area contributed by atoms with Crippen molar-refractivity contribution in [2.45, 2.75) is 13.3 Å². The molecule has 4 rings (SSSR count). The Kier molecular flexibility index (Phi) is 6.22. The van der Waals surface area contributed by atoms with Crippen LogP contribution in [0.1, 0.15) is 12.5 Å². The van der Waals surface area contributed by atoms with Gasteiger partial charge in [-0.2, -0.15) is 6.07 Å². The summed E-state index contributed by atoms with van der Waals surface area (Å²) in [6, 6.07) is 26.5. The van der Waals surface area contributed by atoms with Gasteiger partial charge >= 0.3 is 37.9 Å². The van der Waals surface area contributed by atoms with Crippen LogP contribution in [0.5, 0.6) is 0 Å². The summed E-state index contributed by atoms with van der Waals surface area (Å²) in [4.78, 5) is 0. The molecule has 0 aromatic heterocycles. The zero-order valence-corrected chi connectivity index (χ0v) is 17.4. The molecule has 0 radical (unpaired) electrons. The summed E-state index contributed by atoms with van der Waals surface area (Å²) < 4.78 is 0. The molecule has 0 aliphatic heterocycles. The standard InChI is InChI=1S/C21H17.2ClH.Zr/c1-2-15-13-17-9-6-12-20(21(17)14-15)19-11-5-8-16-7-3-4-10-18(16)19;;;/h3-14H,2H2,1H3;2*1H;/q-1;;;+2/p-2. The first kappa shape index (κ1) is 17.8. The number of aryl methyl sites for hydroxylation is 1. The first-order valence-corrected chi connectivity index (χ1v) is 14.2. The molecule has 0 amide bonds. The van der Waals surface area contributed by atoms with E-state index >= 15 is 0 Å². The van der Waals surface area contributed by atoms with Crippen LogP contribution in [0, 0.1) is 0 Å². The molecule has 0 heterocycles. The molecule has 0 saturated heterocycles. The third-order valence-electron chi connectivity index (χ3n) is 4.30. The van der Waals surface area contributed by atoms with Gasteiger partial charge in [-0.05, 0) is 22.8 Å². The van der Waals surface area contributed by atoms with Crippen molar-refractivity contribution >= 4 is 38.6 Å². The molecule has 0 aliphatic rings. The van der Waals surface area contributed by atoms with Gasteiger partial charge in [0.15, 0.2) is 0 Å². The van der Waals surface area contributed by atoms with Crippen LogP contribution >= 0.6 is 17.0 Å². The zero-order chi connectivity index (χ0) is 16.9. The van der Waals surface area contributed by atoms with Gasteiger partial charge in [0, 0.05) is 0 Å². The summed E-state index contributed by atoms with van der Waals surface area (Å²) in [5.41, 5.74) is 4.08. The molecule has 0 nitrogen and oxygen atoms in total. The fourth-order valence-electron chi connectivity index (χ4n) is 3.20. The normalized spacial score (nSPS) is 10.5. The van der Waals surface area contributed by atoms with Crippen LogP contribution in [-0.4, -0.2) is 0 Å². The van der Waals surface area contributed by atoms with E-state index < -0.39 is 20.8 Å². The van der Waals surface area contributed by atoms with Crippen molar-refractivity contribution in [3.8, 4) is 11.1 Å². The van der Waals surface area contributed by atoms with Crippen LogP contribution < -0.4 is 0 Å². The van der Waals surface area contributed by atoms with Gasteiger partial charge < -0.3 is 0 Å². The quantitative estimate of drug-likeness (QED) is 0.292. The van der Waals surface area contributed by atoms with Gasteiger partial charge in [-0.15, -0.1) is 34.5 Å². The Hall–Kier alpha value is -1.01. The number of benzene rings is 3. The fraction of sp³-hybridized carbons (Fsp3) is 0.0952. The Morgan fingerprint density at radius 3 is 2.21 bits per heavy atom. The van der Waals surface area contributed by atoms with Crippen LogP contribution in [0.3, 0.4) is 0 Å². The monoisotopic (exact) mass is 429 g/mol. The SMILES string of the molecule is CCc1cc2c(-c3cccc4ccccc34)cccc2[cH-]1.[Cl][Zr][Cl]. The second-order valence-corrected chi connectivity index (χ2v) is 9.36. The summed E-state index contributed by atoms with van der Waals surface area (Å²) in [7, 11) is 9.87.